The van der Waals surface area contributed by atoms with Crippen LogP contribution in [0.5, 0.6) is 17.2 Å². The van der Waals surface area contributed by atoms with E-state index < -0.39 is 0 Å². The zero-order chi connectivity index (χ0) is 37.9. The number of ether oxygens (including phenoxy) is 2. The van der Waals surface area contributed by atoms with Gasteiger partial charge in [0.1, 0.15) is 5.75 Å². The number of methoxy groups -OCH3 is 1. The molecule has 0 radical (unpaired) electrons. The minimum atomic E-state index is -0.298. The summed E-state index contributed by atoms with van der Waals surface area (Å²) >= 11 is 0. The molecule has 2 saturated carbocycles. The number of carbonyl (C=O) groups excluding carboxylic acids is 1. The van der Waals surface area contributed by atoms with Crippen molar-refractivity contribution in [3.05, 3.63) is 88.5 Å². The van der Waals surface area contributed by atoms with Gasteiger partial charge in [-0.15, -0.1) is 0 Å². The van der Waals surface area contributed by atoms with Crippen LogP contribution < -0.4 is 16.2 Å². The van der Waals surface area contributed by atoms with E-state index in [1.165, 1.54) is 5.57 Å². The van der Waals surface area contributed by atoms with E-state index in [0.717, 1.165) is 73.6 Å². The molecular formula is C46H57N3O5. The van der Waals surface area contributed by atoms with Gasteiger partial charge in [-0.2, -0.15) is 0 Å². The van der Waals surface area contributed by atoms with Gasteiger partial charge in [0, 0.05) is 54.7 Å². The van der Waals surface area contributed by atoms with Crippen LogP contribution in [0.15, 0.2) is 71.3 Å². The van der Waals surface area contributed by atoms with Gasteiger partial charge >= 0.3 is 0 Å². The molecule has 0 spiro atoms. The molecule has 5 aliphatic rings. The van der Waals surface area contributed by atoms with E-state index in [1.807, 2.05) is 24.3 Å². The summed E-state index contributed by atoms with van der Waals surface area (Å²) in [6.07, 6.45) is 19.3. The van der Waals surface area contributed by atoms with Crippen molar-refractivity contribution in [3.8, 4) is 29.1 Å². The monoisotopic (exact) mass is 731 g/mol. The highest BCUT2D eigenvalue weighted by atomic mass is 16.5. The number of benzene rings is 2. The fourth-order valence-corrected chi connectivity index (χ4v) is 10.4. The molecule has 0 saturated heterocycles. The number of rotatable bonds is 11. The van der Waals surface area contributed by atoms with E-state index in [4.69, 9.17) is 25.9 Å². The second kappa shape index (κ2) is 16.5. The number of guanidine groups is 1. The van der Waals surface area contributed by atoms with Crippen molar-refractivity contribution < 1.29 is 24.5 Å². The summed E-state index contributed by atoms with van der Waals surface area (Å²) in [7, 11) is 1.77. The van der Waals surface area contributed by atoms with E-state index in [-0.39, 0.29) is 77.0 Å². The first-order valence-electron chi connectivity index (χ1n) is 20.2. The van der Waals surface area contributed by atoms with E-state index in [2.05, 4.69) is 50.0 Å². The zero-order valence-electron chi connectivity index (χ0n) is 32.0. The minimum absolute atomic E-state index is 0.0273. The van der Waals surface area contributed by atoms with Crippen LogP contribution in [-0.4, -0.2) is 47.3 Å². The normalized spacial score (nSPS) is 30.1. The van der Waals surface area contributed by atoms with Crippen LogP contribution in [0.4, 0.5) is 0 Å². The molecule has 2 aromatic rings. The zero-order valence-corrected chi connectivity index (χ0v) is 32.0. The highest BCUT2D eigenvalue weighted by Crippen LogP contribution is 2.61. The van der Waals surface area contributed by atoms with E-state index in [1.54, 1.807) is 19.3 Å². The van der Waals surface area contributed by atoms with Gasteiger partial charge in [0.15, 0.2) is 23.2 Å². The Morgan fingerprint density at radius 1 is 1.09 bits per heavy atom. The lowest BCUT2D eigenvalue weighted by Crippen LogP contribution is -2.49. The summed E-state index contributed by atoms with van der Waals surface area (Å²) in [6.45, 7) is 4.42. The largest absolute Gasteiger partial charge is 0.508 e. The Bertz CT molecular complexity index is 1890. The summed E-state index contributed by atoms with van der Waals surface area (Å²) in [5, 5.41) is 23.4. The summed E-state index contributed by atoms with van der Waals surface area (Å²) in [5.41, 5.74) is 17.1. The van der Waals surface area contributed by atoms with Gasteiger partial charge in [-0.1, -0.05) is 74.1 Å². The predicted molar refractivity (Wildman–Crippen MR) is 213 cm³/mol. The molecule has 7 rings (SSSR count). The number of unbranched alkanes of at least 4 members (excludes halogenated alkanes) is 1. The predicted octanol–water partition coefficient (Wildman–Crippen LogP) is 7.96. The number of aliphatic imine (C=N–C) groups is 1. The molecule has 4 bridgehead atoms. The van der Waals surface area contributed by atoms with Crippen molar-refractivity contribution in [2.24, 2.45) is 46.0 Å². The van der Waals surface area contributed by atoms with Crippen LogP contribution >= 0.6 is 0 Å². The fourth-order valence-electron chi connectivity index (χ4n) is 10.4. The third kappa shape index (κ3) is 7.71. The molecule has 0 aliphatic heterocycles. The van der Waals surface area contributed by atoms with E-state index in [0.29, 0.717) is 30.9 Å². The summed E-state index contributed by atoms with van der Waals surface area (Å²) in [4.78, 5) is 18.0. The first-order chi connectivity index (χ1) is 26.2. The van der Waals surface area contributed by atoms with Crippen LogP contribution in [0.3, 0.4) is 0 Å². The quantitative estimate of drug-likeness (QED) is 0.0605. The maximum Gasteiger partial charge on any atom is 0.186 e. The molecular weight excluding hydrogens is 675 g/mol. The maximum absolute atomic E-state index is 13.2. The van der Waals surface area contributed by atoms with Gasteiger partial charge in [-0.05, 0) is 105 Å². The first-order valence-corrected chi connectivity index (χ1v) is 20.2. The SMILES string of the molecule is CCCC=CC(=O)CCc1cc(OC2CCCC2)c(O)c2c1C#CCC(N=C(N)N)C1C=CC(OC)C3C1C=C1C(c4cccc(O)c4)CC(C)CC1C23. The number of aryl methyl sites for hydroxylation is 1. The Morgan fingerprint density at radius 3 is 2.65 bits per heavy atom. The van der Waals surface area contributed by atoms with Crippen LogP contribution in [0.2, 0.25) is 0 Å². The molecule has 9 unspecified atom stereocenters. The summed E-state index contributed by atoms with van der Waals surface area (Å²) in [6, 6.07) is 9.33. The lowest BCUT2D eigenvalue weighted by atomic mass is 9.51. The second-order valence-electron chi connectivity index (χ2n) is 16.3. The average molecular weight is 732 g/mol. The average Bonchev–Trinajstić information content (AvgIpc) is 3.66. The fraction of sp³-hybridized carbons (Fsp3) is 0.522. The lowest BCUT2D eigenvalue weighted by molar-refractivity contribution is -0.114. The van der Waals surface area contributed by atoms with Gasteiger partial charge in [-0.3, -0.25) is 4.79 Å². The number of ketones is 1. The summed E-state index contributed by atoms with van der Waals surface area (Å²) < 4.78 is 13.1. The molecule has 0 heterocycles. The third-order valence-corrected chi connectivity index (χ3v) is 12.7. The van der Waals surface area contributed by atoms with E-state index >= 15 is 0 Å². The number of phenolic OH excluding ortho intramolecular Hbond substituents is 2. The smallest absolute Gasteiger partial charge is 0.186 e. The molecule has 6 N–H and O–H groups in total. The van der Waals surface area contributed by atoms with Gasteiger partial charge < -0.3 is 31.2 Å². The first kappa shape index (κ1) is 37.8. The van der Waals surface area contributed by atoms with Crippen molar-refractivity contribution in [2.45, 2.75) is 115 Å². The Labute approximate surface area is 320 Å². The Hall–Kier alpha value is -4.48. The molecule has 5 aliphatic carbocycles. The Morgan fingerprint density at radius 2 is 1.91 bits per heavy atom. The minimum Gasteiger partial charge on any atom is -0.508 e. The summed E-state index contributed by atoms with van der Waals surface area (Å²) in [5.74, 6) is 8.17. The number of fused-ring (bicyclic) bond motifs is 4. The number of phenols is 2. The number of aromatic hydroxyl groups is 2. The topological polar surface area (TPSA) is 140 Å². The number of nitrogens with zero attached hydrogens (tertiary/aromatic N) is 1. The van der Waals surface area contributed by atoms with Crippen LogP contribution in [0.1, 0.15) is 112 Å². The maximum atomic E-state index is 13.2. The number of hydrogen-bond donors (Lipinski definition) is 4. The van der Waals surface area contributed by atoms with E-state index in [9.17, 15) is 15.0 Å². The number of nitrogens with two attached hydrogens (primary N) is 2. The standard InChI is InChI=1S/C46H57N3O5/c1-4-5-6-12-30(50)19-18-29-25-41(54-32-14-7-8-15-32)45(52)44-33(29)16-10-17-39(49-46(47)48)34-20-21-40(53-3)42-38(34)26-36-35(28-11-9-13-31(51)24-28)22-27(2)23-37(36)43(42)44/h6,9,11-13,20-21,24-27,32,34-35,37-40,42-43,51-52H,4-5,7-8,14-15,17-19,22-23H2,1-3H3,(H4,47,48,49). The molecule has 286 valence electrons. The number of allylic oxidation sites excluding steroid dienone is 4. The molecule has 0 amide bonds. The molecule has 2 fully saturated rings. The number of hydrogen-bond acceptors (Lipinski definition) is 6. The molecule has 9 atom stereocenters. The Balaban J connectivity index is 1.48. The molecule has 54 heavy (non-hydrogen) atoms. The van der Waals surface area contributed by atoms with Crippen LogP contribution in [0.25, 0.3) is 0 Å². The number of carbonyl (C=O) groups is 1. The van der Waals surface area contributed by atoms with Gasteiger partial charge in [0.2, 0.25) is 0 Å². The van der Waals surface area contributed by atoms with Gasteiger partial charge in [-0.25, -0.2) is 4.99 Å². The van der Waals surface area contributed by atoms with Crippen molar-refractivity contribution in [1.82, 2.24) is 0 Å². The van der Waals surface area contributed by atoms with Crippen LogP contribution in [0, 0.1) is 41.4 Å². The lowest BCUT2D eigenvalue weighted by Gasteiger charge is -2.53. The second-order valence-corrected chi connectivity index (χ2v) is 16.3. The van der Waals surface area contributed by atoms with Crippen molar-refractivity contribution >= 4 is 11.7 Å². The highest BCUT2D eigenvalue weighted by molar-refractivity contribution is 5.89. The van der Waals surface area contributed by atoms with Crippen molar-refractivity contribution in [1.29, 1.82) is 0 Å². The molecule has 8 nitrogen and oxygen atoms in total. The van der Waals surface area contributed by atoms with Gasteiger partial charge in [0.05, 0.1) is 18.2 Å². The Kier molecular flexibility index (Phi) is 11.5. The molecule has 8 heteroatoms. The molecule has 0 aromatic heterocycles. The third-order valence-electron chi connectivity index (χ3n) is 12.7. The molecule has 2 aromatic carbocycles. The van der Waals surface area contributed by atoms with Crippen molar-refractivity contribution in [2.75, 3.05) is 7.11 Å². The van der Waals surface area contributed by atoms with Crippen molar-refractivity contribution in [3.63, 3.8) is 0 Å². The van der Waals surface area contributed by atoms with Crippen LogP contribution in [-0.2, 0) is 16.0 Å². The van der Waals surface area contributed by atoms with Gasteiger partial charge in [0.25, 0.3) is 0 Å². The highest BCUT2D eigenvalue weighted by Gasteiger charge is 2.53.